The van der Waals surface area contributed by atoms with Gasteiger partial charge < -0.3 is 10.1 Å². The average Bonchev–Trinajstić information content (AvgIpc) is 2.80. The molecule has 1 saturated carbocycles. The van der Waals surface area contributed by atoms with Crippen molar-refractivity contribution in [2.75, 3.05) is 13.7 Å². The first-order valence-corrected chi connectivity index (χ1v) is 5.80. The highest BCUT2D eigenvalue weighted by Crippen LogP contribution is 2.37. The second kappa shape index (κ2) is 4.35. The first-order chi connectivity index (χ1) is 6.83. The predicted octanol–water partition coefficient (Wildman–Crippen LogP) is 2.31. The Kier molecular flexibility index (Phi) is 3.12. The Balaban J connectivity index is 2.04. The second-order valence-corrected chi connectivity index (χ2v) is 4.65. The van der Waals surface area contributed by atoms with Crippen LogP contribution in [0.3, 0.4) is 0 Å². The number of rotatable bonds is 3. The summed E-state index contributed by atoms with van der Waals surface area (Å²) in [7, 11) is 2.08. The van der Waals surface area contributed by atoms with E-state index in [2.05, 4.69) is 19.3 Å². The van der Waals surface area contributed by atoms with E-state index in [0.717, 1.165) is 24.9 Å². The van der Waals surface area contributed by atoms with Gasteiger partial charge in [0, 0.05) is 12.5 Å². The smallest absolute Gasteiger partial charge is 0.0912 e. The summed E-state index contributed by atoms with van der Waals surface area (Å²) >= 11 is 0. The summed E-state index contributed by atoms with van der Waals surface area (Å²) < 4.78 is 5.33. The average molecular weight is 195 g/mol. The summed E-state index contributed by atoms with van der Waals surface area (Å²) in [5.41, 5.74) is 1.48. The normalized spacial score (nSPS) is 34.0. The summed E-state index contributed by atoms with van der Waals surface area (Å²) in [5.74, 6) is 1.70. The van der Waals surface area contributed by atoms with E-state index >= 15 is 0 Å². The van der Waals surface area contributed by atoms with Crippen LogP contribution in [0.4, 0.5) is 0 Å². The summed E-state index contributed by atoms with van der Waals surface area (Å²) in [6.07, 6.45) is 7.28. The zero-order valence-corrected chi connectivity index (χ0v) is 9.25. The van der Waals surface area contributed by atoms with Crippen molar-refractivity contribution in [1.82, 2.24) is 5.32 Å². The molecule has 0 bridgehead atoms. The summed E-state index contributed by atoms with van der Waals surface area (Å²) in [4.78, 5) is 0. The standard InChI is InChI=1S/C12H21NO/c1-9-4-3-5-11(9)12(13-2)10-6-7-14-8-10/h8-9,11-13H,3-7H2,1-2H3. The Bertz CT molecular complexity index is 224. The van der Waals surface area contributed by atoms with Crippen molar-refractivity contribution in [3.05, 3.63) is 11.8 Å². The summed E-state index contributed by atoms with van der Waals surface area (Å²) in [5, 5.41) is 3.47. The summed E-state index contributed by atoms with van der Waals surface area (Å²) in [6, 6.07) is 0.565. The van der Waals surface area contributed by atoms with Crippen LogP contribution in [0.25, 0.3) is 0 Å². The van der Waals surface area contributed by atoms with Crippen LogP contribution in [0, 0.1) is 11.8 Å². The van der Waals surface area contributed by atoms with Crippen LogP contribution >= 0.6 is 0 Å². The molecule has 0 aromatic heterocycles. The van der Waals surface area contributed by atoms with Crippen LogP contribution in [-0.2, 0) is 4.74 Å². The number of hydrogen-bond donors (Lipinski definition) is 1. The first kappa shape index (κ1) is 10.0. The molecule has 1 aliphatic heterocycles. The molecule has 1 heterocycles. The molecule has 3 atom stereocenters. The molecule has 1 aliphatic carbocycles. The quantitative estimate of drug-likeness (QED) is 0.746. The largest absolute Gasteiger partial charge is 0.501 e. The van der Waals surface area contributed by atoms with Gasteiger partial charge in [-0.05, 0) is 30.9 Å². The van der Waals surface area contributed by atoms with Crippen LogP contribution in [-0.4, -0.2) is 19.7 Å². The van der Waals surface area contributed by atoms with Gasteiger partial charge in [-0.1, -0.05) is 19.8 Å². The minimum Gasteiger partial charge on any atom is -0.501 e. The second-order valence-electron chi connectivity index (χ2n) is 4.65. The van der Waals surface area contributed by atoms with E-state index in [1.807, 2.05) is 6.26 Å². The predicted molar refractivity (Wildman–Crippen MR) is 58.0 cm³/mol. The van der Waals surface area contributed by atoms with Gasteiger partial charge in [-0.2, -0.15) is 0 Å². The molecule has 1 N–H and O–H groups in total. The molecule has 2 heteroatoms. The van der Waals surface area contributed by atoms with Gasteiger partial charge in [0.1, 0.15) is 0 Å². The highest BCUT2D eigenvalue weighted by Gasteiger charge is 2.32. The van der Waals surface area contributed by atoms with Crippen LogP contribution in [0.15, 0.2) is 11.8 Å². The van der Waals surface area contributed by atoms with Crippen LogP contribution < -0.4 is 5.32 Å². The maximum Gasteiger partial charge on any atom is 0.0912 e. The fourth-order valence-electron chi connectivity index (χ4n) is 2.97. The van der Waals surface area contributed by atoms with Gasteiger partial charge in [0.25, 0.3) is 0 Å². The molecule has 3 unspecified atom stereocenters. The Morgan fingerprint density at radius 2 is 2.36 bits per heavy atom. The van der Waals surface area contributed by atoms with Gasteiger partial charge in [-0.15, -0.1) is 0 Å². The fraction of sp³-hybridized carbons (Fsp3) is 0.833. The number of hydrogen-bond acceptors (Lipinski definition) is 2. The number of nitrogens with one attached hydrogen (secondary N) is 1. The molecule has 0 amide bonds. The lowest BCUT2D eigenvalue weighted by Crippen LogP contribution is -2.36. The highest BCUT2D eigenvalue weighted by atomic mass is 16.5. The van der Waals surface area contributed by atoms with Gasteiger partial charge in [0.15, 0.2) is 0 Å². The van der Waals surface area contributed by atoms with Gasteiger partial charge >= 0.3 is 0 Å². The Morgan fingerprint density at radius 1 is 1.50 bits per heavy atom. The highest BCUT2D eigenvalue weighted by molar-refractivity contribution is 5.14. The van der Waals surface area contributed by atoms with E-state index in [9.17, 15) is 0 Å². The molecule has 0 aromatic rings. The van der Waals surface area contributed by atoms with E-state index in [1.165, 1.54) is 24.8 Å². The van der Waals surface area contributed by atoms with E-state index in [-0.39, 0.29) is 0 Å². The molecule has 2 aliphatic rings. The third kappa shape index (κ3) is 1.81. The SMILES string of the molecule is CNC(C1=COCC1)C1CCCC1C. The number of likely N-dealkylation sites (N-methyl/N-ethyl adjacent to an activating group) is 1. The van der Waals surface area contributed by atoms with Gasteiger partial charge in [0.05, 0.1) is 12.9 Å². The molecule has 1 fully saturated rings. The van der Waals surface area contributed by atoms with E-state index in [4.69, 9.17) is 4.74 Å². The van der Waals surface area contributed by atoms with Crippen molar-refractivity contribution in [2.45, 2.75) is 38.6 Å². The monoisotopic (exact) mass is 195 g/mol. The first-order valence-electron chi connectivity index (χ1n) is 5.80. The summed E-state index contributed by atoms with van der Waals surface area (Å²) in [6.45, 7) is 3.27. The molecular formula is C12H21NO. The Hall–Kier alpha value is -0.500. The lowest BCUT2D eigenvalue weighted by Gasteiger charge is -2.27. The van der Waals surface area contributed by atoms with Crippen LogP contribution in [0.5, 0.6) is 0 Å². The van der Waals surface area contributed by atoms with Crippen LogP contribution in [0.1, 0.15) is 32.6 Å². The molecule has 0 spiro atoms. The van der Waals surface area contributed by atoms with E-state index < -0.39 is 0 Å². The zero-order valence-electron chi connectivity index (χ0n) is 9.25. The molecular weight excluding hydrogens is 174 g/mol. The van der Waals surface area contributed by atoms with Crippen molar-refractivity contribution >= 4 is 0 Å². The third-order valence-electron chi connectivity index (χ3n) is 3.81. The van der Waals surface area contributed by atoms with Gasteiger partial charge in [0.2, 0.25) is 0 Å². The van der Waals surface area contributed by atoms with Crippen molar-refractivity contribution in [3.63, 3.8) is 0 Å². The van der Waals surface area contributed by atoms with E-state index in [1.54, 1.807) is 0 Å². The van der Waals surface area contributed by atoms with Crippen LogP contribution in [0.2, 0.25) is 0 Å². The lowest BCUT2D eigenvalue weighted by atomic mass is 9.85. The van der Waals surface area contributed by atoms with Crippen molar-refractivity contribution in [3.8, 4) is 0 Å². The topological polar surface area (TPSA) is 21.3 Å². The molecule has 2 nitrogen and oxygen atoms in total. The van der Waals surface area contributed by atoms with Crippen molar-refractivity contribution < 1.29 is 4.74 Å². The molecule has 0 aromatic carbocycles. The molecule has 80 valence electrons. The Labute approximate surface area is 86.7 Å². The third-order valence-corrected chi connectivity index (χ3v) is 3.81. The molecule has 0 saturated heterocycles. The van der Waals surface area contributed by atoms with Gasteiger partial charge in [-0.25, -0.2) is 0 Å². The minimum absolute atomic E-state index is 0.565. The molecule has 14 heavy (non-hydrogen) atoms. The lowest BCUT2D eigenvalue weighted by molar-refractivity contribution is 0.281. The molecule has 2 rings (SSSR count). The maximum absolute atomic E-state index is 5.33. The van der Waals surface area contributed by atoms with E-state index in [0.29, 0.717) is 6.04 Å². The zero-order chi connectivity index (χ0) is 9.97. The Morgan fingerprint density at radius 3 is 2.86 bits per heavy atom. The maximum atomic E-state index is 5.33. The van der Waals surface area contributed by atoms with Crippen molar-refractivity contribution in [2.24, 2.45) is 11.8 Å². The fourth-order valence-corrected chi connectivity index (χ4v) is 2.97. The minimum atomic E-state index is 0.565. The van der Waals surface area contributed by atoms with Gasteiger partial charge in [-0.3, -0.25) is 0 Å². The number of ether oxygens (including phenoxy) is 1. The van der Waals surface area contributed by atoms with Crippen molar-refractivity contribution in [1.29, 1.82) is 0 Å². The molecule has 0 radical (unpaired) electrons.